The molecule has 2 N–H and O–H groups in total. The van der Waals surface area contributed by atoms with E-state index in [4.69, 9.17) is 5.73 Å². The molecule has 80 valence electrons. The number of amides is 2. The van der Waals surface area contributed by atoms with Crippen LogP contribution in [0.2, 0.25) is 0 Å². The second-order valence-corrected chi connectivity index (χ2v) is 3.95. The number of hydrogen-bond acceptors (Lipinski definition) is 3. The summed E-state index contributed by atoms with van der Waals surface area (Å²) in [6, 6.07) is -0.0917. The highest BCUT2D eigenvalue weighted by Gasteiger charge is 2.30. The molecule has 0 saturated carbocycles. The van der Waals surface area contributed by atoms with Gasteiger partial charge in [-0.2, -0.15) is 0 Å². The number of carbonyl (C=O) groups excluding carboxylic acids is 2. The summed E-state index contributed by atoms with van der Waals surface area (Å²) in [5.41, 5.74) is 5.89. The van der Waals surface area contributed by atoms with E-state index in [9.17, 15) is 9.59 Å². The Hall–Kier alpha value is -0.900. The third-order valence-corrected chi connectivity index (χ3v) is 2.92. The second-order valence-electron chi connectivity index (χ2n) is 3.95. The van der Waals surface area contributed by atoms with Crippen LogP contribution in [0.4, 0.5) is 0 Å². The molecular weight excluding hydrogens is 180 g/mol. The quantitative estimate of drug-likeness (QED) is 0.669. The average molecular weight is 198 g/mol. The van der Waals surface area contributed by atoms with Crippen LogP contribution in [0.25, 0.3) is 0 Å². The molecule has 0 bridgehead atoms. The predicted molar refractivity (Wildman–Crippen MR) is 53.4 cm³/mol. The van der Waals surface area contributed by atoms with Crippen LogP contribution in [-0.2, 0) is 9.59 Å². The standard InChI is InChI=1S/C10H18N2O2/c1-3-7(2)8(11)6-12-9(13)4-5-10(12)14/h7-8H,3-6,11H2,1-2H3. The molecule has 1 heterocycles. The number of likely N-dealkylation sites (tertiary alicyclic amines) is 1. The van der Waals surface area contributed by atoms with Crippen LogP contribution in [0.15, 0.2) is 0 Å². The van der Waals surface area contributed by atoms with Gasteiger partial charge >= 0.3 is 0 Å². The zero-order valence-electron chi connectivity index (χ0n) is 8.82. The highest BCUT2D eigenvalue weighted by atomic mass is 16.2. The van der Waals surface area contributed by atoms with Crippen molar-refractivity contribution >= 4 is 11.8 Å². The summed E-state index contributed by atoms with van der Waals surface area (Å²) >= 11 is 0. The molecule has 14 heavy (non-hydrogen) atoms. The van der Waals surface area contributed by atoms with Crippen molar-refractivity contribution in [2.24, 2.45) is 11.7 Å². The molecule has 2 atom stereocenters. The highest BCUT2D eigenvalue weighted by molar-refractivity contribution is 6.01. The molecule has 0 spiro atoms. The van der Waals surface area contributed by atoms with E-state index in [1.807, 2.05) is 6.92 Å². The van der Waals surface area contributed by atoms with Gasteiger partial charge in [0.15, 0.2) is 0 Å². The third-order valence-electron chi connectivity index (χ3n) is 2.92. The Kier molecular flexibility index (Phi) is 3.63. The Balaban J connectivity index is 2.50. The molecule has 4 heteroatoms. The topological polar surface area (TPSA) is 63.4 Å². The normalized spacial score (nSPS) is 21.5. The van der Waals surface area contributed by atoms with E-state index < -0.39 is 0 Å². The van der Waals surface area contributed by atoms with Gasteiger partial charge in [-0.1, -0.05) is 20.3 Å². The van der Waals surface area contributed by atoms with Gasteiger partial charge in [0.2, 0.25) is 11.8 Å². The lowest BCUT2D eigenvalue weighted by Crippen LogP contribution is -2.43. The van der Waals surface area contributed by atoms with Crippen molar-refractivity contribution in [3.63, 3.8) is 0 Å². The lowest BCUT2D eigenvalue weighted by molar-refractivity contribution is -0.138. The molecule has 1 rings (SSSR count). The first-order valence-corrected chi connectivity index (χ1v) is 5.15. The first kappa shape index (κ1) is 11.2. The molecule has 2 amide bonds. The van der Waals surface area contributed by atoms with Gasteiger partial charge in [0.1, 0.15) is 0 Å². The fourth-order valence-electron chi connectivity index (χ4n) is 1.52. The van der Waals surface area contributed by atoms with Gasteiger partial charge < -0.3 is 5.73 Å². The second kappa shape index (κ2) is 4.55. The maximum Gasteiger partial charge on any atom is 0.229 e. The Morgan fingerprint density at radius 1 is 1.36 bits per heavy atom. The minimum atomic E-state index is -0.0917. The zero-order valence-corrected chi connectivity index (χ0v) is 8.82. The van der Waals surface area contributed by atoms with Gasteiger partial charge in [-0.05, 0) is 5.92 Å². The monoisotopic (exact) mass is 198 g/mol. The van der Waals surface area contributed by atoms with Crippen molar-refractivity contribution in [3.8, 4) is 0 Å². The average Bonchev–Trinajstić information content (AvgIpc) is 2.48. The van der Waals surface area contributed by atoms with Crippen LogP contribution in [0, 0.1) is 5.92 Å². The van der Waals surface area contributed by atoms with Crippen molar-refractivity contribution in [1.82, 2.24) is 4.90 Å². The number of hydrogen-bond donors (Lipinski definition) is 1. The lowest BCUT2D eigenvalue weighted by atomic mass is 10.00. The molecular formula is C10H18N2O2. The molecule has 2 unspecified atom stereocenters. The smallest absolute Gasteiger partial charge is 0.229 e. The van der Waals surface area contributed by atoms with Crippen molar-refractivity contribution < 1.29 is 9.59 Å². The molecule has 1 aliphatic heterocycles. The zero-order chi connectivity index (χ0) is 10.7. The molecule has 4 nitrogen and oxygen atoms in total. The first-order chi connectivity index (χ1) is 6.56. The van der Waals surface area contributed by atoms with Gasteiger partial charge in [-0.25, -0.2) is 0 Å². The SMILES string of the molecule is CCC(C)C(N)CN1C(=O)CCC1=O. The summed E-state index contributed by atoms with van der Waals surface area (Å²) in [5, 5.41) is 0. The van der Waals surface area contributed by atoms with E-state index in [0.717, 1.165) is 6.42 Å². The van der Waals surface area contributed by atoms with Crippen molar-refractivity contribution in [1.29, 1.82) is 0 Å². The Morgan fingerprint density at radius 2 is 1.86 bits per heavy atom. The van der Waals surface area contributed by atoms with Gasteiger partial charge in [0.25, 0.3) is 0 Å². The Morgan fingerprint density at radius 3 is 2.29 bits per heavy atom. The van der Waals surface area contributed by atoms with Crippen molar-refractivity contribution in [2.45, 2.75) is 39.2 Å². The Labute approximate surface area is 84.4 Å². The summed E-state index contributed by atoms with van der Waals surface area (Å²) in [4.78, 5) is 23.9. The minimum Gasteiger partial charge on any atom is -0.326 e. The summed E-state index contributed by atoms with van der Waals surface area (Å²) < 4.78 is 0. The van der Waals surface area contributed by atoms with Gasteiger partial charge in [0, 0.05) is 25.4 Å². The van der Waals surface area contributed by atoms with E-state index in [0.29, 0.717) is 25.3 Å². The molecule has 0 aromatic heterocycles. The van der Waals surface area contributed by atoms with Crippen molar-refractivity contribution in [3.05, 3.63) is 0 Å². The van der Waals surface area contributed by atoms with E-state index in [1.165, 1.54) is 4.90 Å². The maximum absolute atomic E-state index is 11.3. The van der Waals surface area contributed by atoms with Crippen LogP contribution in [0.3, 0.4) is 0 Å². The molecule has 1 aliphatic rings. The largest absolute Gasteiger partial charge is 0.326 e. The molecule has 0 radical (unpaired) electrons. The van der Waals surface area contributed by atoms with Gasteiger partial charge in [-0.15, -0.1) is 0 Å². The van der Waals surface area contributed by atoms with E-state index in [-0.39, 0.29) is 17.9 Å². The molecule has 0 aromatic rings. The van der Waals surface area contributed by atoms with Crippen LogP contribution in [0.1, 0.15) is 33.1 Å². The molecule has 0 aromatic carbocycles. The summed E-state index contributed by atoms with van der Waals surface area (Å²) in [7, 11) is 0. The van der Waals surface area contributed by atoms with Gasteiger partial charge in [-0.3, -0.25) is 14.5 Å². The summed E-state index contributed by atoms with van der Waals surface area (Å²) in [5.74, 6) is 0.193. The Bertz CT molecular complexity index is 224. The minimum absolute atomic E-state index is 0.0752. The van der Waals surface area contributed by atoms with Crippen LogP contribution in [-0.4, -0.2) is 29.3 Å². The van der Waals surface area contributed by atoms with Crippen molar-refractivity contribution in [2.75, 3.05) is 6.54 Å². The fraction of sp³-hybridized carbons (Fsp3) is 0.800. The predicted octanol–water partition coefficient (Wildman–Crippen LogP) is 0.509. The van der Waals surface area contributed by atoms with Crippen LogP contribution in [0.5, 0.6) is 0 Å². The number of nitrogens with two attached hydrogens (primary N) is 1. The van der Waals surface area contributed by atoms with Crippen LogP contribution >= 0.6 is 0 Å². The number of carbonyl (C=O) groups is 2. The van der Waals surface area contributed by atoms with E-state index in [1.54, 1.807) is 0 Å². The highest BCUT2D eigenvalue weighted by Crippen LogP contribution is 2.14. The summed E-state index contributed by atoms with van der Waals surface area (Å²) in [6.45, 7) is 4.47. The fourth-order valence-corrected chi connectivity index (χ4v) is 1.52. The number of rotatable bonds is 4. The van der Waals surface area contributed by atoms with Crippen LogP contribution < -0.4 is 5.73 Å². The first-order valence-electron chi connectivity index (χ1n) is 5.15. The van der Waals surface area contributed by atoms with Gasteiger partial charge in [0.05, 0.1) is 0 Å². The third kappa shape index (κ3) is 2.32. The maximum atomic E-state index is 11.3. The lowest BCUT2D eigenvalue weighted by Gasteiger charge is -2.23. The molecule has 0 aliphatic carbocycles. The summed E-state index contributed by atoms with van der Waals surface area (Å²) in [6.07, 6.45) is 1.68. The van der Waals surface area contributed by atoms with E-state index >= 15 is 0 Å². The number of imide groups is 1. The van der Waals surface area contributed by atoms with E-state index in [2.05, 4.69) is 6.92 Å². The molecule has 1 saturated heterocycles. The number of nitrogens with zero attached hydrogens (tertiary/aromatic N) is 1. The molecule has 1 fully saturated rings.